The summed E-state index contributed by atoms with van der Waals surface area (Å²) >= 11 is 6.00. The lowest BCUT2D eigenvalue weighted by molar-refractivity contribution is 0.178. The van der Waals surface area contributed by atoms with Gasteiger partial charge in [0, 0.05) is 12.1 Å². The predicted molar refractivity (Wildman–Crippen MR) is 75.3 cm³/mol. The van der Waals surface area contributed by atoms with Crippen molar-refractivity contribution in [2.24, 2.45) is 0 Å². The fraction of sp³-hybridized carbons (Fsp3) is 0.571. The minimum atomic E-state index is -0.576. The number of imidazole rings is 1. The molecule has 2 aromatic rings. The quantitative estimate of drug-likeness (QED) is 0.854. The number of nitrogens with zero attached hydrogens (tertiary/aromatic N) is 3. The van der Waals surface area contributed by atoms with E-state index in [1.165, 1.54) is 19.3 Å². The van der Waals surface area contributed by atoms with Crippen LogP contribution in [0.25, 0.3) is 11.0 Å². The lowest BCUT2D eigenvalue weighted by Gasteiger charge is -2.26. The molecule has 2 heterocycles. The minimum Gasteiger partial charge on any atom is -0.385 e. The van der Waals surface area contributed by atoms with E-state index in [0.717, 1.165) is 29.7 Å². The molecule has 19 heavy (non-hydrogen) atoms. The first kappa shape index (κ1) is 12.9. The van der Waals surface area contributed by atoms with Crippen molar-refractivity contribution in [3.8, 4) is 0 Å². The second-order valence-electron chi connectivity index (χ2n) is 5.30. The first-order chi connectivity index (χ1) is 9.16. The summed E-state index contributed by atoms with van der Waals surface area (Å²) in [6.07, 6.45) is 7.17. The van der Waals surface area contributed by atoms with Crippen LogP contribution in [-0.2, 0) is 0 Å². The average molecular weight is 280 g/mol. The van der Waals surface area contributed by atoms with Gasteiger partial charge >= 0.3 is 0 Å². The maximum Gasteiger partial charge on any atom is 0.138 e. The zero-order valence-electron chi connectivity index (χ0n) is 11.0. The molecule has 1 N–H and O–H groups in total. The zero-order chi connectivity index (χ0) is 13.4. The third-order valence-electron chi connectivity index (χ3n) is 3.88. The molecule has 4 nitrogen and oxygen atoms in total. The zero-order valence-corrected chi connectivity index (χ0v) is 11.8. The average Bonchev–Trinajstić information content (AvgIpc) is 2.78. The van der Waals surface area contributed by atoms with Crippen LogP contribution < -0.4 is 0 Å². The van der Waals surface area contributed by atoms with Crippen LogP contribution in [0, 0.1) is 0 Å². The number of fused-ring (bicyclic) bond motifs is 1. The Morgan fingerprint density at radius 2 is 2.11 bits per heavy atom. The lowest BCUT2D eigenvalue weighted by atomic mass is 9.95. The van der Waals surface area contributed by atoms with Crippen molar-refractivity contribution in [3.05, 3.63) is 23.2 Å². The fourth-order valence-electron chi connectivity index (χ4n) is 3.01. The van der Waals surface area contributed by atoms with Crippen LogP contribution in [0.3, 0.4) is 0 Å². The van der Waals surface area contributed by atoms with Crippen LogP contribution in [0.4, 0.5) is 0 Å². The highest BCUT2D eigenvalue weighted by atomic mass is 35.5. The summed E-state index contributed by atoms with van der Waals surface area (Å²) in [4.78, 5) is 8.59. The van der Waals surface area contributed by atoms with Crippen molar-refractivity contribution in [3.63, 3.8) is 0 Å². The topological polar surface area (TPSA) is 50.9 Å². The number of hydrogen-bond acceptors (Lipinski definition) is 3. The van der Waals surface area contributed by atoms with Crippen LogP contribution >= 0.6 is 11.6 Å². The Labute approximate surface area is 117 Å². The molecule has 0 bridgehead atoms. The Hall–Kier alpha value is -1.13. The van der Waals surface area contributed by atoms with Gasteiger partial charge in [-0.3, -0.25) is 0 Å². The van der Waals surface area contributed by atoms with Gasteiger partial charge < -0.3 is 9.67 Å². The molecule has 0 aromatic carbocycles. The normalized spacial score (nSPS) is 18.9. The third kappa shape index (κ3) is 2.35. The van der Waals surface area contributed by atoms with E-state index in [4.69, 9.17) is 11.6 Å². The Balaban J connectivity index is 2.17. The lowest BCUT2D eigenvalue weighted by Crippen LogP contribution is -2.16. The second kappa shape index (κ2) is 5.10. The van der Waals surface area contributed by atoms with Crippen LogP contribution in [0.15, 0.2) is 12.3 Å². The molecule has 0 radical (unpaired) electrons. The van der Waals surface area contributed by atoms with E-state index in [1.54, 1.807) is 13.1 Å². The summed E-state index contributed by atoms with van der Waals surface area (Å²) in [5.74, 6) is 0.728. The molecule has 2 aromatic heterocycles. The number of aliphatic hydroxyl groups is 1. The summed E-state index contributed by atoms with van der Waals surface area (Å²) in [6.45, 7) is 1.76. The van der Waals surface area contributed by atoms with Crippen LogP contribution in [0.2, 0.25) is 5.15 Å². The molecule has 0 aliphatic heterocycles. The van der Waals surface area contributed by atoms with Gasteiger partial charge in [0.05, 0.1) is 11.7 Å². The van der Waals surface area contributed by atoms with Gasteiger partial charge in [-0.1, -0.05) is 30.9 Å². The Morgan fingerprint density at radius 3 is 2.79 bits per heavy atom. The predicted octanol–water partition coefficient (Wildman–Crippen LogP) is 3.64. The molecule has 0 amide bonds. The van der Waals surface area contributed by atoms with Crippen molar-refractivity contribution in [1.29, 1.82) is 0 Å². The van der Waals surface area contributed by atoms with Crippen molar-refractivity contribution in [2.75, 3.05) is 0 Å². The number of aliphatic hydroxyl groups excluding tert-OH is 1. The van der Waals surface area contributed by atoms with Gasteiger partial charge in [-0.25, -0.2) is 9.97 Å². The second-order valence-corrected chi connectivity index (χ2v) is 5.69. The monoisotopic (exact) mass is 279 g/mol. The van der Waals surface area contributed by atoms with Crippen molar-refractivity contribution in [2.45, 2.75) is 51.2 Å². The molecule has 0 spiro atoms. The van der Waals surface area contributed by atoms with Gasteiger partial charge in [0.2, 0.25) is 0 Å². The van der Waals surface area contributed by atoms with Gasteiger partial charge in [-0.05, 0) is 19.8 Å². The molecule has 5 heteroatoms. The number of rotatable bonds is 2. The van der Waals surface area contributed by atoms with Crippen molar-refractivity contribution >= 4 is 22.6 Å². The molecule has 1 aliphatic rings. The Morgan fingerprint density at radius 1 is 1.37 bits per heavy atom. The largest absolute Gasteiger partial charge is 0.385 e. The van der Waals surface area contributed by atoms with E-state index in [0.29, 0.717) is 11.2 Å². The Bertz CT molecular complexity index is 588. The molecular weight excluding hydrogens is 262 g/mol. The SMILES string of the molecule is C[C@@H](O)c1nc2cnc(Cl)cc2n1C1CCCCC1. The van der Waals surface area contributed by atoms with E-state index < -0.39 is 6.10 Å². The standard InChI is InChI=1S/C14H18ClN3O/c1-9(19)14-17-11-8-16-13(15)7-12(11)18(14)10-5-3-2-4-6-10/h7-10,19H,2-6H2,1H3/t9-/m1/s1. The van der Waals surface area contributed by atoms with E-state index >= 15 is 0 Å². The first-order valence-corrected chi connectivity index (χ1v) is 7.26. The smallest absolute Gasteiger partial charge is 0.138 e. The van der Waals surface area contributed by atoms with Gasteiger partial charge in [0.1, 0.15) is 22.6 Å². The number of aromatic nitrogens is 3. The highest BCUT2D eigenvalue weighted by Crippen LogP contribution is 2.34. The molecule has 1 atom stereocenters. The van der Waals surface area contributed by atoms with Gasteiger partial charge in [0.25, 0.3) is 0 Å². The van der Waals surface area contributed by atoms with Gasteiger partial charge in [-0.15, -0.1) is 0 Å². The van der Waals surface area contributed by atoms with E-state index in [1.807, 2.05) is 6.07 Å². The molecular formula is C14H18ClN3O. The Kier molecular flexibility index (Phi) is 3.46. The fourth-order valence-corrected chi connectivity index (χ4v) is 3.16. The molecule has 1 fully saturated rings. The van der Waals surface area contributed by atoms with Gasteiger partial charge in [0.15, 0.2) is 0 Å². The highest BCUT2D eigenvalue weighted by molar-refractivity contribution is 6.29. The number of pyridine rings is 1. The summed E-state index contributed by atoms with van der Waals surface area (Å²) in [5.41, 5.74) is 1.80. The van der Waals surface area contributed by atoms with Crippen LogP contribution in [0.5, 0.6) is 0 Å². The van der Waals surface area contributed by atoms with Gasteiger partial charge in [-0.2, -0.15) is 0 Å². The van der Waals surface area contributed by atoms with Crippen molar-refractivity contribution < 1.29 is 5.11 Å². The number of hydrogen-bond donors (Lipinski definition) is 1. The minimum absolute atomic E-state index is 0.418. The summed E-state index contributed by atoms with van der Waals surface area (Å²) in [5, 5.41) is 10.4. The summed E-state index contributed by atoms with van der Waals surface area (Å²) in [7, 11) is 0. The maximum absolute atomic E-state index is 9.97. The molecule has 0 unspecified atom stereocenters. The highest BCUT2D eigenvalue weighted by Gasteiger charge is 2.23. The molecule has 3 rings (SSSR count). The summed E-state index contributed by atoms with van der Waals surface area (Å²) in [6, 6.07) is 2.27. The molecule has 0 saturated heterocycles. The summed E-state index contributed by atoms with van der Waals surface area (Å²) < 4.78 is 2.17. The van der Waals surface area contributed by atoms with Crippen LogP contribution in [0.1, 0.15) is 57.0 Å². The van der Waals surface area contributed by atoms with Crippen LogP contribution in [-0.4, -0.2) is 19.6 Å². The molecule has 1 aliphatic carbocycles. The maximum atomic E-state index is 9.97. The number of halogens is 1. The van der Waals surface area contributed by atoms with Crippen molar-refractivity contribution in [1.82, 2.24) is 14.5 Å². The third-order valence-corrected chi connectivity index (χ3v) is 4.09. The molecule has 102 valence electrons. The molecule has 1 saturated carbocycles. The first-order valence-electron chi connectivity index (χ1n) is 6.88. The van der Waals surface area contributed by atoms with E-state index in [2.05, 4.69) is 14.5 Å². The van der Waals surface area contributed by atoms with E-state index in [9.17, 15) is 5.11 Å². The van der Waals surface area contributed by atoms with E-state index in [-0.39, 0.29) is 0 Å².